The minimum atomic E-state index is -1.14. The highest BCUT2D eigenvalue weighted by atomic mass is 32.1. The summed E-state index contributed by atoms with van der Waals surface area (Å²) >= 11 is 1.02. The summed E-state index contributed by atoms with van der Waals surface area (Å²) in [7, 11) is 0. The second kappa shape index (κ2) is 4.98. The quantitative estimate of drug-likeness (QED) is 0.770. The van der Waals surface area contributed by atoms with Crippen LogP contribution in [0.5, 0.6) is 0 Å². The number of nitrogens with one attached hydrogen (secondary N) is 1. The number of carbonyl (C=O) groups excluding carboxylic acids is 1. The zero-order valence-corrected chi connectivity index (χ0v) is 11.6. The number of amides is 1. The first-order chi connectivity index (χ1) is 10.0. The van der Waals surface area contributed by atoms with Crippen LogP contribution in [0.2, 0.25) is 0 Å². The molecule has 0 radical (unpaired) electrons. The predicted molar refractivity (Wildman–Crippen MR) is 75.8 cm³/mol. The summed E-state index contributed by atoms with van der Waals surface area (Å²) < 4.78 is 8.86. The van der Waals surface area contributed by atoms with Gasteiger partial charge in [0.05, 0.1) is 5.69 Å². The van der Waals surface area contributed by atoms with Crippen molar-refractivity contribution in [3.8, 4) is 0 Å². The fourth-order valence-electron chi connectivity index (χ4n) is 1.85. The molecule has 3 rings (SSSR count). The lowest BCUT2D eigenvalue weighted by molar-refractivity contribution is 0.0665. The maximum atomic E-state index is 12.0. The number of hydrogen-bond acceptors (Lipinski definition) is 6. The molecule has 0 bridgehead atoms. The number of anilines is 1. The van der Waals surface area contributed by atoms with E-state index in [1.807, 2.05) is 0 Å². The number of carboxylic acids is 1. The molecule has 0 aliphatic carbocycles. The van der Waals surface area contributed by atoms with Gasteiger partial charge in [0.25, 0.3) is 5.91 Å². The molecule has 21 heavy (non-hydrogen) atoms. The van der Waals surface area contributed by atoms with E-state index in [2.05, 4.69) is 14.9 Å². The van der Waals surface area contributed by atoms with Gasteiger partial charge >= 0.3 is 5.97 Å². The molecule has 1 amide bonds. The average molecular weight is 303 g/mol. The van der Waals surface area contributed by atoms with Gasteiger partial charge in [-0.15, -0.1) is 5.10 Å². The van der Waals surface area contributed by atoms with Gasteiger partial charge in [-0.3, -0.25) is 4.79 Å². The molecule has 106 valence electrons. The number of furan rings is 1. The molecule has 0 aliphatic heterocycles. The Kier molecular flexibility index (Phi) is 3.15. The third kappa shape index (κ3) is 2.48. The van der Waals surface area contributed by atoms with E-state index >= 15 is 0 Å². The number of fused-ring (bicyclic) bond motifs is 1. The molecule has 0 saturated carbocycles. The molecule has 0 aliphatic rings. The van der Waals surface area contributed by atoms with Crippen LogP contribution in [0.25, 0.3) is 11.0 Å². The number of aryl methyl sites for hydroxylation is 1. The fraction of sp³-hybridized carbons (Fsp3) is 0.0769. The number of benzene rings is 1. The highest BCUT2D eigenvalue weighted by Crippen LogP contribution is 2.24. The molecule has 1 aromatic carbocycles. The van der Waals surface area contributed by atoms with E-state index in [-0.39, 0.29) is 11.7 Å². The second-order valence-electron chi connectivity index (χ2n) is 4.31. The lowest BCUT2D eigenvalue weighted by Gasteiger charge is -2.03. The van der Waals surface area contributed by atoms with Crippen LogP contribution >= 0.6 is 11.5 Å². The third-order valence-electron chi connectivity index (χ3n) is 2.84. The summed E-state index contributed by atoms with van der Waals surface area (Å²) in [6.45, 7) is 1.71. The van der Waals surface area contributed by atoms with Gasteiger partial charge in [0.1, 0.15) is 10.5 Å². The molecule has 8 heteroatoms. The van der Waals surface area contributed by atoms with E-state index in [1.165, 1.54) is 6.07 Å². The highest BCUT2D eigenvalue weighted by Gasteiger charge is 2.15. The van der Waals surface area contributed by atoms with Crippen LogP contribution in [0.3, 0.4) is 0 Å². The molecule has 0 atom stereocenters. The molecule has 2 aromatic heterocycles. The van der Waals surface area contributed by atoms with Crippen molar-refractivity contribution in [2.45, 2.75) is 6.92 Å². The topological polar surface area (TPSA) is 105 Å². The fourth-order valence-corrected chi connectivity index (χ4v) is 2.41. The van der Waals surface area contributed by atoms with Crippen LogP contribution in [0.1, 0.15) is 25.9 Å². The lowest BCUT2D eigenvalue weighted by Crippen LogP contribution is -2.11. The number of aromatic nitrogens is 2. The van der Waals surface area contributed by atoms with Gasteiger partial charge in [0, 0.05) is 11.1 Å². The zero-order valence-electron chi connectivity index (χ0n) is 10.8. The number of carbonyl (C=O) groups is 2. The van der Waals surface area contributed by atoms with Crippen LogP contribution in [0.4, 0.5) is 5.69 Å². The van der Waals surface area contributed by atoms with E-state index in [1.54, 1.807) is 25.1 Å². The Morgan fingerprint density at radius 2 is 2.14 bits per heavy atom. The Morgan fingerprint density at radius 1 is 1.33 bits per heavy atom. The summed E-state index contributed by atoms with van der Waals surface area (Å²) in [5.41, 5.74) is 1.55. The van der Waals surface area contributed by atoms with Crippen molar-refractivity contribution < 1.29 is 19.1 Å². The second-order valence-corrected chi connectivity index (χ2v) is 5.06. The molecule has 0 spiro atoms. The van der Waals surface area contributed by atoms with Crippen LogP contribution in [0, 0.1) is 6.92 Å². The van der Waals surface area contributed by atoms with E-state index in [0.717, 1.165) is 11.5 Å². The third-order valence-corrected chi connectivity index (χ3v) is 3.67. The van der Waals surface area contributed by atoms with Crippen molar-refractivity contribution in [3.63, 3.8) is 0 Å². The van der Waals surface area contributed by atoms with Gasteiger partial charge in [-0.05, 0) is 42.7 Å². The normalized spacial score (nSPS) is 10.7. The monoisotopic (exact) mass is 303 g/mol. The summed E-state index contributed by atoms with van der Waals surface area (Å²) in [6.07, 6.45) is 0. The SMILES string of the molecule is Cc1nnsc1C(=O)Nc1ccc2oc(C(=O)O)cc2c1. The first kappa shape index (κ1) is 13.3. The first-order valence-electron chi connectivity index (χ1n) is 5.92. The standard InChI is InChI=1S/C13H9N3O4S/c1-6-11(21-16-15-6)12(17)14-8-2-3-9-7(4-8)5-10(20-9)13(18)19/h2-5H,1H3,(H,14,17)(H,18,19). The van der Waals surface area contributed by atoms with Crippen LogP contribution < -0.4 is 5.32 Å². The minimum absolute atomic E-state index is 0.143. The molecular weight excluding hydrogens is 294 g/mol. The van der Waals surface area contributed by atoms with E-state index in [9.17, 15) is 9.59 Å². The Balaban J connectivity index is 1.89. The van der Waals surface area contributed by atoms with Gasteiger partial charge < -0.3 is 14.8 Å². The maximum absolute atomic E-state index is 12.0. The van der Waals surface area contributed by atoms with Crippen molar-refractivity contribution in [1.29, 1.82) is 0 Å². The molecule has 2 N–H and O–H groups in total. The van der Waals surface area contributed by atoms with Gasteiger partial charge in [0.2, 0.25) is 5.76 Å². The number of rotatable bonds is 3. The van der Waals surface area contributed by atoms with E-state index in [4.69, 9.17) is 9.52 Å². The summed E-state index contributed by atoms with van der Waals surface area (Å²) in [4.78, 5) is 23.3. The number of carboxylic acid groups (broad SMARTS) is 1. The summed E-state index contributed by atoms with van der Waals surface area (Å²) in [6, 6.07) is 6.30. The lowest BCUT2D eigenvalue weighted by atomic mass is 10.2. The molecule has 0 unspecified atom stereocenters. The molecule has 2 heterocycles. The molecule has 0 fully saturated rings. The van der Waals surface area contributed by atoms with Crippen LogP contribution in [-0.2, 0) is 0 Å². The van der Waals surface area contributed by atoms with E-state index in [0.29, 0.717) is 27.2 Å². The van der Waals surface area contributed by atoms with Gasteiger partial charge in [-0.1, -0.05) is 4.49 Å². The Bertz CT molecular complexity index is 852. The average Bonchev–Trinajstić information content (AvgIpc) is 3.04. The largest absolute Gasteiger partial charge is 0.475 e. The first-order valence-corrected chi connectivity index (χ1v) is 6.69. The van der Waals surface area contributed by atoms with Crippen LogP contribution in [0.15, 0.2) is 28.7 Å². The van der Waals surface area contributed by atoms with Crippen molar-refractivity contribution >= 4 is 40.1 Å². The zero-order chi connectivity index (χ0) is 15.0. The van der Waals surface area contributed by atoms with Crippen molar-refractivity contribution in [1.82, 2.24) is 9.59 Å². The van der Waals surface area contributed by atoms with Gasteiger partial charge in [-0.2, -0.15) is 0 Å². The van der Waals surface area contributed by atoms with Crippen molar-refractivity contribution in [2.24, 2.45) is 0 Å². The summed E-state index contributed by atoms with van der Waals surface area (Å²) in [5, 5.41) is 16.0. The maximum Gasteiger partial charge on any atom is 0.371 e. The Labute approximate surface area is 122 Å². The molecule has 7 nitrogen and oxygen atoms in total. The molecule has 3 aromatic rings. The smallest absolute Gasteiger partial charge is 0.371 e. The van der Waals surface area contributed by atoms with E-state index < -0.39 is 5.97 Å². The number of aromatic carboxylic acids is 1. The number of hydrogen-bond donors (Lipinski definition) is 2. The Morgan fingerprint density at radius 3 is 2.81 bits per heavy atom. The van der Waals surface area contributed by atoms with Crippen LogP contribution in [-0.4, -0.2) is 26.6 Å². The molecular formula is C13H9N3O4S. The number of nitrogens with zero attached hydrogens (tertiary/aromatic N) is 2. The predicted octanol–water partition coefficient (Wildman–Crippen LogP) is 2.54. The van der Waals surface area contributed by atoms with Crippen molar-refractivity contribution in [3.05, 3.63) is 40.6 Å². The van der Waals surface area contributed by atoms with Gasteiger partial charge in [0.15, 0.2) is 0 Å². The minimum Gasteiger partial charge on any atom is -0.475 e. The Hall–Kier alpha value is -2.74. The highest BCUT2D eigenvalue weighted by molar-refractivity contribution is 7.08. The van der Waals surface area contributed by atoms with Gasteiger partial charge in [-0.25, -0.2) is 4.79 Å². The summed E-state index contributed by atoms with van der Waals surface area (Å²) in [5.74, 6) is -1.58. The van der Waals surface area contributed by atoms with Crippen molar-refractivity contribution in [2.75, 3.05) is 5.32 Å². The molecule has 0 saturated heterocycles.